The minimum absolute atomic E-state index is 0.0957. The summed E-state index contributed by atoms with van der Waals surface area (Å²) in [7, 11) is 1.88. The van der Waals surface area contributed by atoms with E-state index in [1.165, 1.54) is 11.1 Å². The van der Waals surface area contributed by atoms with Crippen LogP contribution in [0.1, 0.15) is 0 Å². The minimum Gasteiger partial charge on any atom is -0.456 e. The molecule has 0 atom stereocenters. The number of aromatic amines is 1. The Balaban J connectivity index is 1.36. The highest BCUT2D eigenvalue weighted by Gasteiger charge is 2.18. The molecule has 0 aliphatic rings. The van der Waals surface area contributed by atoms with E-state index >= 15 is 0 Å². The largest absolute Gasteiger partial charge is 0.456 e. The van der Waals surface area contributed by atoms with Gasteiger partial charge in [0, 0.05) is 28.6 Å². The molecule has 6 aromatic carbocycles. The van der Waals surface area contributed by atoms with Crippen LogP contribution in [0.15, 0.2) is 137 Å². The molecule has 2 N–H and O–H groups in total. The molecule has 42 heavy (non-hydrogen) atoms. The van der Waals surface area contributed by atoms with Gasteiger partial charge >= 0.3 is 0 Å². The van der Waals surface area contributed by atoms with Crippen LogP contribution in [0.5, 0.6) is 0 Å². The third kappa shape index (κ3) is 3.73. The van der Waals surface area contributed by atoms with Gasteiger partial charge in [0.2, 0.25) is 0 Å². The number of furan rings is 1. The van der Waals surface area contributed by atoms with Crippen LogP contribution in [0.3, 0.4) is 0 Å². The van der Waals surface area contributed by atoms with Crippen molar-refractivity contribution < 1.29 is 4.42 Å². The molecule has 0 radical (unpaired) electrons. The second-order valence-corrected chi connectivity index (χ2v) is 10.6. The monoisotopic (exact) mass is 542 g/mol. The van der Waals surface area contributed by atoms with Crippen molar-refractivity contribution in [3.63, 3.8) is 0 Å². The first kappa shape index (κ1) is 24.2. The Labute approximate surface area is 241 Å². The molecule has 8 rings (SSSR count). The third-order valence-corrected chi connectivity index (χ3v) is 8.26. The normalized spacial score (nSPS) is 11.5. The molecule has 2 heterocycles. The molecule has 0 bridgehead atoms. The molecular weight excluding hydrogens is 516 g/mol. The molecule has 0 aliphatic carbocycles. The zero-order chi connectivity index (χ0) is 28.2. The van der Waals surface area contributed by atoms with Crippen LogP contribution in [0.2, 0.25) is 0 Å². The molecule has 0 aliphatic heterocycles. The van der Waals surface area contributed by atoms with E-state index in [1.54, 1.807) is 0 Å². The average Bonchev–Trinajstić information content (AvgIpc) is 3.43. The van der Waals surface area contributed by atoms with Gasteiger partial charge in [-0.1, -0.05) is 97.1 Å². The van der Waals surface area contributed by atoms with Gasteiger partial charge < -0.3 is 14.7 Å². The summed E-state index contributed by atoms with van der Waals surface area (Å²) in [6, 6.07) is 43.7. The lowest BCUT2D eigenvalue weighted by Crippen LogP contribution is -2.08. The second-order valence-electron chi connectivity index (χ2n) is 10.6. The number of aromatic nitrogens is 1. The fraction of sp³-hybridized carbons (Fsp3) is 0.0263. The molecule has 200 valence electrons. The van der Waals surface area contributed by atoms with E-state index in [1.807, 2.05) is 55.6 Å². The maximum absolute atomic E-state index is 13.0. The number of nitrogens with one attached hydrogen (secondary N) is 2. The molecule has 0 saturated heterocycles. The zero-order valence-electron chi connectivity index (χ0n) is 22.9. The highest BCUT2D eigenvalue weighted by molar-refractivity contribution is 6.21. The first-order valence-corrected chi connectivity index (χ1v) is 14.1. The number of H-pyrrole nitrogens is 1. The quantitative estimate of drug-likeness (QED) is 0.218. The summed E-state index contributed by atoms with van der Waals surface area (Å²) in [5.74, 6) is 0. The minimum atomic E-state index is -0.0957. The van der Waals surface area contributed by atoms with Crippen molar-refractivity contribution in [1.29, 1.82) is 0 Å². The Morgan fingerprint density at radius 2 is 1.21 bits per heavy atom. The standard InChI is InChI=1S/C38H26N2O2/c1-39-32-20-19-29(36-28-10-5-6-11-30(28)38(41)40-37(32)36)27-12-7-13-34-35(27)31-22-26(18-21-33(31)42-34)25-16-14-24(15-17-25)23-8-3-2-4-9-23/h2-22,39H,1H3,(H,40,41). The van der Waals surface area contributed by atoms with Crippen LogP contribution in [0, 0.1) is 0 Å². The Morgan fingerprint density at radius 3 is 2.00 bits per heavy atom. The van der Waals surface area contributed by atoms with E-state index in [4.69, 9.17) is 4.42 Å². The smallest absolute Gasteiger partial charge is 0.256 e. The van der Waals surface area contributed by atoms with Crippen molar-refractivity contribution >= 4 is 49.3 Å². The summed E-state index contributed by atoms with van der Waals surface area (Å²) in [5.41, 5.74) is 10.0. The fourth-order valence-corrected chi connectivity index (χ4v) is 6.24. The van der Waals surface area contributed by atoms with Gasteiger partial charge in [0.1, 0.15) is 11.2 Å². The Morgan fingerprint density at radius 1 is 0.548 bits per heavy atom. The molecule has 0 amide bonds. The molecule has 0 unspecified atom stereocenters. The topological polar surface area (TPSA) is 58.0 Å². The first-order valence-electron chi connectivity index (χ1n) is 14.1. The van der Waals surface area contributed by atoms with Gasteiger partial charge in [-0.05, 0) is 69.1 Å². The maximum Gasteiger partial charge on any atom is 0.256 e. The molecule has 0 saturated carbocycles. The van der Waals surface area contributed by atoms with Crippen molar-refractivity contribution in [1.82, 2.24) is 4.98 Å². The third-order valence-electron chi connectivity index (χ3n) is 8.26. The van der Waals surface area contributed by atoms with Gasteiger partial charge in [0.15, 0.2) is 0 Å². The lowest BCUT2D eigenvalue weighted by molar-refractivity contribution is 0.669. The maximum atomic E-state index is 13.0. The number of anilines is 1. The van der Waals surface area contributed by atoms with Crippen LogP contribution in [-0.2, 0) is 0 Å². The van der Waals surface area contributed by atoms with Crippen LogP contribution in [0.25, 0.3) is 77.0 Å². The van der Waals surface area contributed by atoms with Gasteiger partial charge in [-0.25, -0.2) is 0 Å². The number of benzene rings is 6. The van der Waals surface area contributed by atoms with Crippen molar-refractivity contribution in [3.05, 3.63) is 138 Å². The van der Waals surface area contributed by atoms with Crippen LogP contribution in [0.4, 0.5) is 5.69 Å². The van der Waals surface area contributed by atoms with Crippen molar-refractivity contribution in [2.75, 3.05) is 12.4 Å². The number of rotatable bonds is 4. The van der Waals surface area contributed by atoms with Gasteiger partial charge in [-0.2, -0.15) is 0 Å². The number of hydrogen-bond acceptors (Lipinski definition) is 3. The van der Waals surface area contributed by atoms with E-state index in [2.05, 4.69) is 89.2 Å². The Bertz CT molecular complexity index is 2350. The lowest BCUT2D eigenvalue weighted by atomic mass is 9.92. The Hall–Kier alpha value is -5.61. The zero-order valence-corrected chi connectivity index (χ0v) is 22.9. The summed E-state index contributed by atoms with van der Waals surface area (Å²) in [4.78, 5) is 16.2. The highest BCUT2D eigenvalue weighted by atomic mass is 16.3. The molecule has 0 spiro atoms. The second kappa shape index (κ2) is 9.50. The SMILES string of the molecule is CNc1ccc(-c2cccc3oc4ccc(-c5ccc(-c6ccccc6)cc5)cc4c23)c2c1[nH]c(=O)c1ccccc12. The molecule has 8 aromatic rings. The summed E-state index contributed by atoms with van der Waals surface area (Å²) in [5, 5.41) is 7.97. The van der Waals surface area contributed by atoms with Crippen molar-refractivity contribution in [2.45, 2.75) is 0 Å². The summed E-state index contributed by atoms with van der Waals surface area (Å²) in [6.45, 7) is 0. The number of pyridine rings is 1. The average molecular weight is 543 g/mol. The summed E-state index contributed by atoms with van der Waals surface area (Å²) < 4.78 is 6.38. The number of fused-ring (bicyclic) bond motifs is 6. The predicted octanol–water partition coefficient (Wildman–Crippen LogP) is 9.62. The van der Waals surface area contributed by atoms with Gasteiger partial charge in [-0.15, -0.1) is 0 Å². The van der Waals surface area contributed by atoms with Crippen LogP contribution >= 0.6 is 0 Å². The molecule has 4 heteroatoms. The van der Waals surface area contributed by atoms with E-state index in [0.29, 0.717) is 5.39 Å². The lowest BCUT2D eigenvalue weighted by Gasteiger charge is -2.14. The van der Waals surface area contributed by atoms with Gasteiger partial charge in [0.25, 0.3) is 5.56 Å². The van der Waals surface area contributed by atoms with E-state index in [-0.39, 0.29) is 5.56 Å². The molecular formula is C38H26N2O2. The van der Waals surface area contributed by atoms with Gasteiger partial charge in [0.05, 0.1) is 11.2 Å². The molecule has 4 nitrogen and oxygen atoms in total. The first-order chi connectivity index (χ1) is 20.7. The highest BCUT2D eigenvalue weighted by Crippen LogP contribution is 2.42. The Kier molecular flexibility index (Phi) is 5.47. The molecule has 0 fully saturated rings. The van der Waals surface area contributed by atoms with E-state index < -0.39 is 0 Å². The van der Waals surface area contributed by atoms with Crippen LogP contribution in [-0.4, -0.2) is 12.0 Å². The van der Waals surface area contributed by atoms with Crippen LogP contribution < -0.4 is 10.9 Å². The summed E-state index contributed by atoms with van der Waals surface area (Å²) in [6.07, 6.45) is 0. The van der Waals surface area contributed by atoms with Crippen molar-refractivity contribution in [3.8, 4) is 33.4 Å². The van der Waals surface area contributed by atoms with Gasteiger partial charge in [-0.3, -0.25) is 4.79 Å². The predicted molar refractivity (Wildman–Crippen MR) is 175 cm³/mol. The fourth-order valence-electron chi connectivity index (χ4n) is 6.24. The van der Waals surface area contributed by atoms with E-state index in [0.717, 1.165) is 66.2 Å². The number of hydrogen-bond donors (Lipinski definition) is 2. The van der Waals surface area contributed by atoms with E-state index in [9.17, 15) is 4.79 Å². The van der Waals surface area contributed by atoms with Crippen molar-refractivity contribution in [2.24, 2.45) is 0 Å². The summed E-state index contributed by atoms with van der Waals surface area (Å²) >= 11 is 0. The molecule has 2 aromatic heterocycles.